The molecule has 2 nitrogen and oxygen atoms in total. The molecule has 1 fully saturated rings. The first-order chi connectivity index (χ1) is 7.77. The van der Waals surface area contributed by atoms with Gasteiger partial charge in [0.15, 0.2) is 0 Å². The van der Waals surface area contributed by atoms with Gasteiger partial charge >= 0.3 is 0 Å². The third kappa shape index (κ3) is 2.76. The highest BCUT2D eigenvalue weighted by Crippen LogP contribution is 2.25. The van der Waals surface area contributed by atoms with E-state index in [4.69, 9.17) is 5.73 Å². The van der Waals surface area contributed by atoms with Gasteiger partial charge in [0.1, 0.15) is 0 Å². The van der Waals surface area contributed by atoms with Crippen LogP contribution in [0.2, 0.25) is 0 Å². The second-order valence-corrected chi connectivity index (χ2v) is 4.83. The summed E-state index contributed by atoms with van der Waals surface area (Å²) in [6.07, 6.45) is 6.61. The van der Waals surface area contributed by atoms with Crippen LogP contribution in [0.4, 0.5) is 5.69 Å². The molecule has 2 heteroatoms. The second-order valence-electron chi connectivity index (χ2n) is 4.83. The minimum absolute atomic E-state index is 0.503. The van der Waals surface area contributed by atoms with E-state index in [9.17, 15) is 0 Å². The molecule has 0 bridgehead atoms. The number of anilines is 1. The van der Waals surface area contributed by atoms with E-state index >= 15 is 0 Å². The van der Waals surface area contributed by atoms with Gasteiger partial charge in [-0.3, -0.25) is 0 Å². The fraction of sp³-hybridized carbons (Fsp3) is 0.571. The third-order valence-corrected chi connectivity index (χ3v) is 3.52. The van der Waals surface area contributed by atoms with Crippen LogP contribution in [0, 0.1) is 6.92 Å². The Morgan fingerprint density at radius 2 is 2.00 bits per heavy atom. The van der Waals surface area contributed by atoms with E-state index in [1.165, 1.54) is 43.2 Å². The molecule has 0 aliphatic carbocycles. The SMILES string of the molecule is Cc1ccc(C2CCCCCCN2)cc1N. The van der Waals surface area contributed by atoms with Crippen LogP contribution in [0.1, 0.15) is 49.3 Å². The molecular weight excluding hydrogens is 196 g/mol. The molecule has 1 aromatic rings. The molecule has 1 heterocycles. The fourth-order valence-electron chi connectivity index (χ4n) is 2.37. The number of nitrogen functional groups attached to an aromatic ring is 1. The topological polar surface area (TPSA) is 38.0 Å². The van der Waals surface area contributed by atoms with Crippen LogP contribution >= 0.6 is 0 Å². The normalized spacial score (nSPS) is 22.4. The van der Waals surface area contributed by atoms with Crippen LogP contribution in [0.15, 0.2) is 18.2 Å². The highest BCUT2D eigenvalue weighted by Gasteiger charge is 2.13. The minimum Gasteiger partial charge on any atom is -0.399 e. The lowest BCUT2D eigenvalue weighted by molar-refractivity contribution is 0.427. The van der Waals surface area contributed by atoms with Crippen molar-refractivity contribution in [2.45, 2.75) is 45.1 Å². The summed E-state index contributed by atoms with van der Waals surface area (Å²) < 4.78 is 0. The van der Waals surface area contributed by atoms with Gasteiger partial charge in [-0.1, -0.05) is 31.4 Å². The lowest BCUT2D eigenvalue weighted by atomic mass is 9.96. The average molecular weight is 218 g/mol. The molecule has 1 atom stereocenters. The number of nitrogens with two attached hydrogens (primary N) is 1. The van der Waals surface area contributed by atoms with E-state index < -0.39 is 0 Å². The Labute approximate surface area is 98.2 Å². The van der Waals surface area contributed by atoms with E-state index in [0.29, 0.717) is 6.04 Å². The zero-order chi connectivity index (χ0) is 11.4. The first-order valence-electron chi connectivity index (χ1n) is 6.37. The fourth-order valence-corrected chi connectivity index (χ4v) is 2.37. The number of hydrogen-bond donors (Lipinski definition) is 2. The quantitative estimate of drug-likeness (QED) is 0.710. The molecule has 0 aromatic heterocycles. The van der Waals surface area contributed by atoms with Gasteiger partial charge < -0.3 is 11.1 Å². The first kappa shape index (κ1) is 11.5. The molecule has 0 spiro atoms. The first-order valence-corrected chi connectivity index (χ1v) is 6.37. The van der Waals surface area contributed by atoms with Crippen molar-refractivity contribution in [1.82, 2.24) is 5.32 Å². The maximum atomic E-state index is 5.97. The highest BCUT2D eigenvalue weighted by atomic mass is 14.9. The largest absolute Gasteiger partial charge is 0.399 e. The third-order valence-electron chi connectivity index (χ3n) is 3.52. The maximum Gasteiger partial charge on any atom is 0.0347 e. The zero-order valence-electron chi connectivity index (χ0n) is 10.1. The highest BCUT2D eigenvalue weighted by molar-refractivity contribution is 5.49. The predicted octanol–water partition coefficient (Wildman–Crippen LogP) is 3.17. The predicted molar refractivity (Wildman–Crippen MR) is 69.4 cm³/mol. The van der Waals surface area contributed by atoms with Crippen LogP contribution in [-0.2, 0) is 0 Å². The summed E-state index contributed by atoms with van der Waals surface area (Å²) in [6, 6.07) is 6.98. The molecule has 16 heavy (non-hydrogen) atoms. The van der Waals surface area contributed by atoms with Gasteiger partial charge in [0.25, 0.3) is 0 Å². The van der Waals surface area contributed by atoms with E-state index in [1.807, 2.05) is 0 Å². The molecule has 1 aliphatic rings. The van der Waals surface area contributed by atoms with Crippen molar-refractivity contribution in [3.05, 3.63) is 29.3 Å². The number of nitrogens with one attached hydrogen (secondary N) is 1. The van der Waals surface area contributed by atoms with Gasteiger partial charge in [0.2, 0.25) is 0 Å². The Bertz CT molecular complexity index is 339. The molecule has 0 radical (unpaired) electrons. The number of aryl methyl sites for hydroxylation is 1. The zero-order valence-corrected chi connectivity index (χ0v) is 10.1. The van der Waals surface area contributed by atoms with Crippen LogP contribution in [0.3, 0.4) is 0 Å². The summed E-state index contributed by atoms with van der Waals surface area (Å²) in [7, 11) is 0. The van der Waals surface area contributed by atoms with Crippen LogP contribution in [-0.4, -0.2) is 6.54 Å². The number of rotatable bonds is 1. The number of hydrogen-bond acceptors (Lipinski definition) is 2. The lowest BCUT2D eigenvalue weighted by Crippen LogP contribution is -2.24. The van der Waals surface area contributed by atoms with Gasteiger partial charge in [-0.05, 0) is 43.5 Å². The molecular formula is C14H22N2. The van der Waals surface area contributed by atoms with Crippen LogP contribution < -0.4 is 11.1 Å². The molecule has 2 rings (SSSR count). The van der Waals surface area contributed by atoms with Crippen molar-refractivity contribution in [2.75, 3.05) is 12.3 Å². The summed E-state index contributed by atoms with van der Waals surface area (Å²) in [4.78, 5) is 0. The van der Waals surface area contributed by atoms with Crippen molar-refractivity contribution in [3.63, 3.8) is 0 Å². The molecule has 0 amide bonds. The summed E-state index contributed by atoms with van der Waals surface area (Å²) in [5.74, 6) is 0. The van der Waals surface area contributed by atoms with Gasteiger partial charge in [-0.2, -0.15) is 0 Å². The van der Waals surface area contributed by atoms with Gasteiger partial charge in [0, 0.05) is 11.7 Å². The van der Waals surface area contributed by atoms with E-state index in [-0.39, 0.29) is 0 Å². The molecule has 1 aliphatic heterocycles. The Kier molecular flexibility index (Phi) is 3.83. The van der Waals surface area contributed by atoms with Crippen molar-refractivity contribution < 1.29 is 0 Å². The van der Waals surface area contributed by atoms with Crippen molar-refractivity contribution in [3.8, 4) is 0 Å². The van der Waals surface area contributed by atoms with Crippen molar-refractivity contribution >= 4 is 5.69 Å². The van der Waals surface area contributed by atoms with Crippen LogP contribution in [0.5, 0.6) is 0 Å². The lowest BCUT2D eigenvalue weighted by Gasteiger charge is -2.22. The minimum atomic E-state index is 0.503. The number of benzene rings is 1. The van der Waals surface area contributed by atoms with Gasteiger partial charge in [-0.15, -0.1) is 0 Å². The van der Waals surface area contributed by atoms with Crippen LogP contribution in [0.25, 0.3) is 0 Å². The summed E-state index contributed by atoms with van der Waals surface area (Å²) in [6.45, 7) is 3.20. The molecule has 1 unspecified atom stereocenters. The van der Waals surface area contributed by atoms with Crippen molar-refractivity contribution in [1.29, 1.82) is 0 Å². The Balaban J connectivity index is 2.11. The van der Waals surface area contributed by atoms with Gasteiger partial charge in [0.05, 0.1) is 0 Å². The monoisotopic (exact) mass is 218 g/mol. The maximum absolute atomic E-state index is 5.97. The Morgan fingerprint density at radius 1 is 1.19 bits per heavy atom. The standard InChI is InChI=1S/C14H22N2/c1-11-7-8-12(10-13(11)15)14-6-4-2-3-5-9-16-14/h7-8,10,14,16H,2-6,9,15H2,1H3. The van der Waals surface area contributed by atoms with E-state index in [0.717, 1.165) is 12.2 Å². The summed E-state index contributed by atoms with van der Waals surface area (Å²) >= 11 is 0. The Morgan fingerprint density at radius 3 is 2.81 bits per heavy atom. The smallest absolute Gasteiger partial charge is 0.0347 e. The summed E-state index contributed by atoms with van der Waals surface area (Å²) in [5.41, 5.74) is 9.41. The van der Waals surface area contributed by atoms with Crippen molar-refractivity contribution in [2.24, 2.45) is 0 Å². The molecule has 1 saturated heterocycles. The molecule has 0 saturated carbocycles. The molecule has 1 aromatic carbocycles. The second kappa shape index (κ2) is 5.35. The summed E-state index contributed by atoms with van der Waals surface area (Å²) in [5, 5.41) is 3.63. The van der Waals surface area contributed by atoms with E-state index in [2.05, 4.69) is 30.4 Å². The average Bonchev–Trinajstić information content (AvgIpc) is 2.22. The Hall–Kier alpha value is -1.02. The molecule has 3 N–H and O–H groups in total. The van der Waals surface area contributed by atoms with Gasteiger partial charge in [-0.25, -0.2) is 0 Å². The van der Waals surface area contributed by atoms with E-state index in [1.54, 1.807) is 0 Å². The molecule has 88 valence electrons.